The Labute approximate surface area is 207 Å². The molecule has 1 aromatic heterocycles. The number of carbonyl (C=O) groups excluding carboxylic acids is 1. The molecule has 0 unspecified atom stereocenters. The zero-order chi connectivity index (χ0) is 24.1. The molecule has 0 aliphatic rings. The lowest BCUT2D eigenvalue weighted by Crippen LogP contribution is -2.15. The van der Waals surface area contributed by atoms with Crippen LogP contribution in [0.5, 0.6) is 11.5 Å². The van der Waals surface area contributed by atoms with E-state index in [0.717, 1.165) is 28.3 Å². The van der Waals surface area contributed by atoms with Gasteiger partial charge >= 0.3 is 0 Å². The molecule has 7 nitrogen and oxygen atoms in total. The van der Waals surface area contributed by atoms with E-state index in [1.165, 1.54) is 11.8 Å². The van der Waals surface area contributed by atoms with Crippen LogP contribution in [-0.2, 0) is 4.79 Å². The standard InChI is InChI=1S/C25H23ClN4O3S/c1-16-13-18(26)7-12-22(16)27-23(31)15-34-25-29-28-24(17-5-4-6-21(14-17)33-3)30(25)19-8-10-20(32-2)11-9-19/h4-14H,15H2,1-3H3,(H,27,31). The normalized spacial score (nSPS) is 10.7. The minimum absolute atomic E-state index is 0.150. The molecular formula is C25H23ClN4O3S. The topological polar surface area (TPSA) is 78.3 Å². The largest absolute Gasteiger partial charge is 0.497 e. The van der Waals surface area contributed by atoms with Crippen molar-refractivity contribution in [2.45, 2.75) is 12.1 Å². The summed E-state index contributed by atoms with van der Waals surface area (Å²) in [6.07, 6.45) is 0. The Morgan fingerprint density at radius 2 is 1.76 bits per heavy atom. The first-order valence-corrected chi connectivity index (χ1v) is 11.8. The Kier molecular flexibility index (Phi) is 7.40. The number of nitrogens with zero attached hydrogens (tertiary/aromatic N) is 3. The number of aromatic nitrogens is 3. The first kappa shape index (κ1) is 23.7. The molecule has 0 atom stereocenters. The summed E-state index contributed by atoms with van der Waals surface area (Å²) in [5.74, 6) is 2.11. The summed E-state index contributed by atoms with van der Waals surface area (Å²) in [5, 5.41) is 12.9. The number of amides is 1. The molecule has 0 aliphatic carbocycles. The zero-order valence-corrected chi connectivity index (χ0v) is 20.5. The predicted molar refractivity (Wildman–Crippen MR) is 135 cm³/mol. The predicted octanol–water partition coefficient (Wildman–Crippen LogP) is 5.64. The zero-order valence-electron chi connectivity index (χ0n) is 18.9. The average molecular weight is 495 g/mol. The molecule has 0 spiro atoms. The second-order valence-electron chi connectivity index (χ2n) is 7.37. The molecule has 0 saturated carbocycles. The van der Waals surface area contributed by atoms with Gasteiger partial charge in [0.2, 0.25) is 5.91 Å². The lowest BCUT2D eigenvalue weighted by Gasteiger charge is -2.12. The van der Waals surface area contributed by atoms with Gasteiger partial charge in [0, 0.05) is 22.0 Å². The lowest BCUT2D eigenvalue weighted by atomic mass is 10.2. The fourth-order valence-corrected chi connectivity index (χ4v) is 4.34. The van der Waals surface area contributed by atoms with Crippen LogP contribution in [0.2, 0.25) is 5.02 Å². The Hall–Kier alpha value is -3.49. The van der Waals surface area contributed by atoms with Gasteiger partial charge in [-0.3, -0.25) is 9.36 Å². The quantitative estimate of drug-likeness (QED) is 0.319. The number of hydrogen-bond acceptors (Lipinski definition) is 6. The fraction of sp³-hybridized carbons (Fsp3) is 0.160. The van der Waals surface area contributed by atoms with Gasteiger partial charge in [-0.05, 0) is 67.1 Å². The van der Waals surface area contributed by atoms with E-state index in [4.69, 9.17) is 21.1 Å². The van der Waals surface area contributed by atoms with Gasteiger partial charge in [-0.15, -0.1) is 10.2 Å². The molecule has 4 rings (SSSR count). The SMILES string of the molecule is COc1ccc(-n2c(SCC(=O)Nc3ccc(Cl)cc3C)nnc2-c2cccc(OC)c2)cc1. The molecule has 0 fully saturated rings. The van der Waals surface area contributed by atoms with E-state index in [-0.39, 0.29) is 11.7 Å². The number of nitrogens with one attached hydrogen (secondary N) is 1. The third kappa shape index (κ3) is 5.35. The second-order valence-corrected chi connectivity index (χ2v) is 8.75. The van der Waals surface area contributed by atoms with Crippen LogP contribution in [0.4, 0.5) is 5.69 Å². The lowest BCUT2D eigenvalue weighted by molar-refractivity contribution is -0.113. The van der Waals surface area contributed by atoms with Crippen LogP contribution in [-0.4, -0.2) is 40.6 Å². The summed E-state index contributed by atoms with van der Waals surface area (Å²) in [6, 6.07) is 20.5. The van der Waals surface area contributed by atoms with E-state index < -0.39 is 0 Å². The molecule has 4 aromatic rings. The summed E-state index contributed by atoms with van der Waals surface area (Å²) < 4.78 is 12.6. The number of rotatable bonds is 8. The van der Waals surface area contributed by atoms with Crippen LogP contribution >= 0.6 is 23.4 Å². The molecule has 0 bridgehead atoms. The molecule has 174 valence electrons. The third-order valence-electron chi connectivity index (χ3n) is 5.09. The highest BCUT2D eigenvalue weighted by Gasteiger charge is 2.18. The number of methoxy groups -OCH3 is 2. The monoisotopic (exact) mass is 494 g/mol. The van der Waals surface area contributed by atoms with Crippen molar-refractivity contribution in [1.29, 1.82) is 0 Å². The number of thioether (sulfide) groups is 1. The molecule has 0 radical (unpaired) electrons. The van der Waals surface area contributed by atoms with Crippen LogP contribution in [0.1, 0.15) is 5.56 Å². The maximum absolute atomic E-state index is 12.7. The van der Waals surface area contributed by atoms with Crippen molar-refractivity contribution >= 4 is 35.0 Å². The smallest absolute Gasteiger partial charge is 0.234 e. The molecule has 1 N–H and O–H groups in total. The van der Waals surface area contributed by atoms with Crippen LogP contribution in [0.15, 0.2) is 71.9 Å². The molecular weight excluding hydrogens is 472 g/mol. The van der Waals surface area contributed by atoms with Gasteiger partial charge in [-0.2, -0.15) is 0 Å². The Morgan fingerprint density at radius 3 is 2.47 bits per heavy atom. The van der Waals surface area contributed by atoms with Crippen molar-refractivity contribution in [2.75, 3.05) is 25.3 Å². The second kappa shape index (κ2) is 10.6. The van der Waals surface area contributed by atoms with Gasteiger partial charge in [-0.1, -0.05) is 35.5 Å². The Morgan fingerprint density at radius 1 is 1.00 bits per heavy atom. The third-order valence-corrected chi connectivity index (χ3v) is 6.25. The molecule has 1 amide bonds. The fourth-order valence-electron chi connectivity index (χ4n) is 3.36. The van der Waals surface area contributed by atoms with E-state index in [2.05, 4.69) is 15.5 Å². The number of anilines is 1. The minimum atomic E-state index is -0.150. The molecule has 0 saturated heterocycles. The van der Waals surface area contributed by atoms with Gasteiger partial charge in [0.05, 0.1) is 20.0 Å². The van der Waals surface area contributed by atoms with Crippen molar-refractivity contribution in [2.24, 2.45) is 0 Å². The van der Waals surface area contributed by atoms with Crippen molar-refractivity contribution in [3.8, 4) is 28.6 Å². The van der Waals surface area contributed by atoms with Gasteiger partial charge in [0.1, 0.15) is 11.5 Å². The highest BCUT2D eigenvalue weighted by Crippen LogP contribution is 2.30. The number of ether oxygens (including phenoxy) is 2. The first-order chi connectivity index (χ1) is 16.5. The number of halogens is 1. The van der Waals surface area contributed by atoms with Crippen LogP contribution < -0.4 is 14.8 Å². The summed E-state index contributed by atoms with van der Waals surface area (Å²) in [5.41, 5.74) is 3.31. The minimum Gasteiger partial charge on any atom is -0.497 e. The number of carbonyl (C=O) groups is 1. The van der Waals surface area contributed by atoms with E-state index in [0.29, 0.717) is 21.8 Å². The van der Waals surface area contributed by atoms with Gasteiger partial charge in [0.15, 0.2) is 11.0 Å². The summed E-state index contributed by atoms with van der Waals surface area (Å²) in [6.45, 7) is 1.90. The maximum atomic E-state index is 12.7. The molecule has 0 aliphatic heterocycles. The van der Waals surface area contributed by atoms with Gasteiger partial charge < -0.3 is 14.8 Å². The van der Waals surface area contributed by atoms with Crippen LogP contribution in [0.25, 0.3) is 17.1 Å². The summed E-state index contributed by atoms with van der Waals surface area (Å²) in [7, 11) is 3.24. The van der Waals surface area contributed by atoms with E-state index in [9.17, 15) is 4.79 Å². The van der Waals surface area contributed by atoms with E-state index in [1.807, 2.05) is 66.1 Å². The van der Waals surface area contributed by atoms with Crippen molar-refractivity contribution in [3.05, 3.63) is 77.3 Å². The van der Waals surface area contributed by atoms with Gasteiger partial charge in [0.25, 0.3) is 0 Å². The highest BCUT2D eigenvalue weighted by molar-refractivity contribution is 7.99. The molecule has 34 heavy (non-hydrogen) atoms. The van der Waals surface area contributed by atoms with Gasteiger partial charge in [-0.25, -0.2) is 0 Å². The summed E-state index contributed by atoms with van der Waals surface area (Å²) in [4.78, 5) is 12.7. The van der Waals surface area contributed by atoms with Crippen LogP contribution in [0, 0.1) is 6.92 Å². The van der Waals surface area contributed by atoms with E-state index in [1.54, 1.807) is 26.4 Å². The average Bonchev–Trinajstić information content (AvgIpc) is 3.28. The van der Waals surface area contributed by atoms with Crippen molar-refractivity contribution in [3.63, 3.8) is 0 Å². The van der Waals surface area contributed by atoms with Crippen molar-refractivity contribution in [1.82, 2.24) is 14.8 Å². The highest BCUT2D eigenvalue weighted by atomic mass is 35.5. The first-order valence-electron chi connectivity index (χ1n) is 10.4. The van der Waals surface area contributed by atoms with Crippen molar-refractivity contribution < 1.29 is 14.3 Å². The molecule has 3 aromatic carbocycles. The Bertz CT molecular complexity index is 1310. The number of aryl methyl sites for hydroxylation is 1. The molecule has 1 heterocycles. The van der Waals surface area contributed by atoms with E-state index >= 15 is 0 Å². The Balaban J connectivity index is 1.62. The summed E-state index contributed by atoms with van der Waals surface area (Å²) >= 11 is 7.31. The number of hydrogen-bond donors (Lipinski definition) is 1. The molecule has 9 heteroatoms. The number of benzene rings is 3. The van der Waals surface area contributed by atoms with Crippen LogP contribution in [0.3, 0.4) is 0 Å². The maximum Gasteiger partial charge on any atom is 0.234 e.